The maximum absolute atomic E-state index is 13.3. The molecule has 0 bridgehead atoms. The number of aromatic nitrogens is 1. The number of amides is 1. The second-order valence-electron chi connectivity index (χ2n) is 4.75. The summed E-state index contributed by atoms with van der Waals surface area (Å²) in [6, 6.07) is 4.47. The molecule has 1 amide bonds. The fourth-order valence-corrected chi connectivity index (χ4v) is 2.07. The van der Waals surface area contributed by atoms with Crippen LogP contribution in [0.1, 0.15) is 18.2 Å². The fourth-order valence-electron chi connectivity index (χ4n) is 2.07. The molecule has 1 atom stereocenters. The van der Waals surface area contributed by atoms with Gasteiger partial charge in [-0.25, -0.2) is 4.39 Å². The Kier molecular flexibility index (Phi) is 3.85. The van der Waals surface area contributed by atoms with Crippen molar-refractivity contribution in [3.63, 3.8) is 0 Å². The van der Waals surface area contributed by atoms with Gasteiger partial charge >= 0.3 is 0 Å². The number of benzene rings is 1. The normalized spacial score (nSPS) is 12.6. The molecule has 0 aliphatic rings. The molecule has 1 aromatic heterocycles. The Bertz CT molecular complexity index is 605. The first-order valence-electron chi connectivity index (χ1n) is 6.19. The van der Waals surface area contributed by atoms with E-state index >= 15 is 0 Å². The number of aliphatic hydroxyl groups is 1. The predicted molar refractivity (Wildman–Crippen MR) is 71.4 cm³/mol. The lowest BCUT2D eigenvalue weighted by Gasteiger charge is -2.07. The number of rotatable bonds is 4. The van der Waals surface area contributed by atoms with Gasteiger partial charge in [0.15, 0.2) is 0 Å². The Morgan fingerprint density at radius 2 is 2.26 bits per heavy atom. The summed E-state index contributed by atoms with van der Waals surface area (Å²) in [5.41, 5.74) is 2.46. The van der Waals surface area contributed by atoms with Crippen LogP contribution in [0.25, 0.3) is 10.9 Å². The summed E-state index contributed by atoms with van der Waals surface area (Å²) < 4.78 is 13.3. The number of hydrogen-bond acceptors (Lipinski definition) is 2. The quantitative estimate of drug-likeness (QED) is 0.786. The van der Waals surface area contributed by atoms with Crippen molar-refractivity contribution in [2.24, 2.45) is 0 Å². The highest BCUT2D eigenvalue weighted by Crippen LogP contribution is 2.23. The molecule has 0 radical (unpaired) electrons. The smallest absolute Gasteiger partial charge is 0.224 e. The second-order valence-corrected chi connectivity index (χ2v) is 4.75. The molecule has 0 saturated heterocycles. The van der Waals surface area contributed by atoms with E-state index < -0.39 is 6.10 Å². The number of hydrogen-bond donors (Lipinski definition) is 3. The van der Waals surface area contributed by atoms with E-state index in [-0.39, 0.29) is 24.7 Å². The van der Waals surface area contributed by atoms with E-state index in [0.717, 1.165) is 22.2 Å². The number of H-pyrrole nitrogens is 1. The van der Waals surface area contributed by atoms with Gasteiger partial charge < -0.3 is 15.4 Å². The molecule has 1 unspecified atom stereocenters. The summed E-state index contributed by atoms with van der Waals surface area (Å²) in [6.07, 6.45) is -0.410. The monoisotopic (exact) mass is 264 g/mol. The highest BCUT2D eigenvalue weighted by molar-refractivity contribution is 5.90. The summed E-state index contributed by atoms with van der Waals surface area (Å²) in [4.78, 5) is 14.9. The Balaban J connectivity index is 2.22. The SMILES string of the molecule is Cc1[nH]c2ccc(F)cc2c1CC(=O)NCC(C)O. The van der Waals surface area contributed by atoms with Gasteiger partial charge in [0.1, 0.15) is 5.82 Å². The minimum Gasteiger partial charge on any atom is -0.392 e. The molecule has 0 fully saturated rings. The highest BCUT2D eigenvalue weighted by Gasteiger charge is 2.13. The summed E-state index contributed by atoms with van der Waals surface area (Å²) in [5.74, 6) is -0.508. The largest absolute Gasteiger partial charge is 0.392 e. The van der Waals surface area contributed by atoms with Crippen molar-refractivity contribution >= 4 is 16.8 Å². The average Bonchev–Trinajstić information content (AvgIpc) is 2.63. The number of aromatic amines is 1. The summed E-state index contributed by atoms with van der Waals surface area (Å²) in [7, 11) is 0. The minimum absolute atomic E-state index is 0.169. The summed E-state index contributed by atoms with van der Waals surface area (Å²) in [5, 5.41) is 12.5. The Morgan fingerprint density at radius 3 is 2.95 bits per heavy atom. The molecule has 1 aromatic carbocycles. The van der Waals surface area contributed by atoms with Crippen molar-refractivity contribution in [2.45, 2.75) is 26.4 Å². The van der Waals surface area contributed by atoms with Crippen molar-refractivity contribution in [1.29, 1.82) is 0 Å². The molecule has 5 heteroatoms. The van der Waals surface area contributed by atoms with Crippen LogP contribution in [0.4, 0.5) is 4.39 Å². The molecule has 0 spiro atoms. The summed E-state index contributed by atoms with van der Waals surface area (Å²) in [6.45, 7) is 3.68. The molecular weight excluding hydrogens is 247 g/mol. The number of aryl methyl sites for hydroxylation is 1. The van der Waals surface area contributed by atoms with Crippen LogP contribution in [0.3, 0.4) is 0 Å². The predicted octanol–water partition coefficient (Wildman–Crippen LogP) is 1.65. The van der Waals surface area contributed by atoms with Crippen LogP contribution in [-0.4, -0.2) is 28.6 Å². The highest BCUT2D eigenvalue weighted by atomic mass is 19.1. The molecular formula is C14H17FN2O2. The van der Waals surface area contributed by atoms with Crippen LogP contribution in [0.15, 0.2) is 18.2 Å². The van der Waals surface area contributed by atoms with E-state index in [1.807, 2.05) is 6.92 Å². The van der Waals surface area contributed by atoms with Crippen molar-refractivity contribution in [3.8, 4) is 0 Å². The van der Waals surface area contributed by atoms with Gasteiger partial charge in [-0.15, -0.1) is 0 Å². The third-order valence-electron chi connectivity index (χ3n) is 3.01. The molecule has 3 N–H and O–H groups in total. The third kappa shape index (κ3) is 3.12. The van der Waals surface area contributed by atoms with Crippen molar-refractivity contribution in [1.82, 2.24) is 10.3 Å². The fraction of sp³-hybridized carbons (Fsp3) is 0.357. The lowest BCUT2D eigenvalue weighted by Crippen LogP contribution is -2.31. The van der Waals surface area contributed by atoms with Crippen LogP contribution in [-0.2, 0) is 11.2 Å². The molecule has 0 aliphatic heterocycles. The van der Waals surface area contributed by atoms with Gasteiger partial charge in [-0.1, -0.05) is 0 Å². The zero-order chi connectivity index (χ0) is 14.0. The van der Waals surface area contributed by atoms with Crippen molar-refractivity contribution in [2.75, 3.05) is 6.54 Å². The van der Waals surface area contributed by atoms with E-state index in [0.29, 0.717) is 0 Å². The first-order valence-corrected chi connectivity index (χ1v) is 6.19. The van der Waals surface area contributed by atoms with E-state index in [2.05, 4.69) is 10.3 Å². The lowest BCUT2D eigenvalue weighted by molar-refractivity contribution is -0.120. The number of nitrogens with one attached hydrogen (secondary N) is 2. The van der Waals surface area contributed by atoms with Gasteiger partial charge in [0.05, 0.1) is 12.5 Å². The van der Waals surface area contributed by atoms with E-state index in [1.54, 1.807) is 13.0 Å². The number of fused-ring (bicyclic) bond motifs is 1. The van der Waals surface area contributed by atoms with E-state index in [4.69, 9.17) is 5.11 Å². The topological polar surface area (TPSA) is 65.1 Å². The maximum atomic E-state index is 13.3. The van der Waals surface area contributed by atoms with Crippen LogP contribution in [0.5, 0.6) is 0 Å². The average molecular weight is 264 g/mol. The first-order chi connectivity index (χ1) is 8.97. The standard InChI is InChI=1S/C14H17FN2O2/c1-8(18)7-16-14(19)6-11-9(2)17-13-4-3-10(15)5-12(11)13/h3-5,8,17-18H,6-7H2,1-2H3,(H,16,19). The van der Waals surface area contributed by atoms with Gasteiger partial charge in [-0.3, -0.25) is 4.79 Å². The number of carbonyl (C=O) groups excluding carboxylic acids is 1. The molecule has 4 nitrogen and oxygen atoms in total. The zero-order valence-electron chi connectivity index (χ0n) is 11.0. The zero-order valence-corrected chi connectivity index (χ0v) is 11.0. The Hall–Kier alpha value is -1.88. The van der Waals surface area contributed by atoms with Crippen molar-refractivity contribution in [3.05, 3.63) is 35.3 Å². The molecule has 102 valence electrons. The third-order valence-corrected chi connectivity index (χ3v) is 3.01. The minimum atomic E-state index is -0.578. The molecule has 2 aromatic rings. The maximum Gasteiger partial charge on any atom is 0.224 e. The Labute approximate surface area is 110 Å². The summed E-state index contributed by atoms with van der Waals surface area (Å²) >= 11 is 0. The van der Waals surface area contributed by atoms with Crippen LogP contribution < -0.4 is 5.32 Å². The van der Waals surface area contributed by atoms with Gasteiger partial charge in [-0.2, -0.15) is 0 Å². The van der Waals surface area contributed by atoms with Gasteiger partial charge in [0, 0.05) is 23.1 Å². The van der Waals surface area contributed by atoms with Crippen LogP contribution in [0.2, 0.25) is 0 Å². The van der Waals surface area contributed by atoms with Crippen LogP contribution >= 0.6 is 0 Å². The number of halogens is 1. The first kappa shape index (κ1) is 13.5. The molecule has 19 heavy (non-hydrogen) atoms. The number of aliphatic hydroxyl groups excluding tert-OH is 1. The second kappa shape index (κ2) is 5.40. The molecule has 2 rings (SSSR count). The molecule has 1 heterocycles. The number of carbonyl (C=O) groups is 1. The molecule has 0 aliphatic carbocycles. The molecule has 0 saturated carbocycles. The van der Waals surface area contributed by atoms with Gasteiger partial charge in [-0.05, 0) is 37.6 Å². The lowest BCUT2D eigenvalue weighted by atomic mass is 10.1. The van der Waals surface area contributed by atoms with Crippen molar-refractivity contribution < 1.29 is 14.3 Å². The van der Waals surface area contributed by atoms with E-state index in [1.165, 1.54) is 12.1 Å². The van der Waals surface area contributed by atoms with Gasteiger partial charge in [0.2, 0.25) is 5.91 Å². The van der Waals surface area contributed by atoms with E-state index in [9.17, 15) is 9.18 Å². The Morgan fingerprint density at radius 1 is 1.53 bits per heavy atom. The van der Waals surface area contributed by atoms with Gasteiger partial charge in [0.25, 0.3) is 0 Å². The van der Waals surface area contributed by atoms with Crippen LogP contribution in [0, 0.1) is 12.7 Å².